The Morgan fingerprint density at radius 3 is 2.81 bits per heavy atom. The highest BCUT2D eigenvalue weighted by Gasteiger charge is 2.38. The molecule has 2 heterocycles. The molecule has 0 radical (unpaired) electrons. The fourth-order valence-corrected chi connectivity index (χ4v) is 4.80. The number of fused-ring (bicyclic) bond motifs is 1. The van der Waals surface area contributed by atoms with E-state index in [1.807, 2.05) is 36.1 Å². The van der Waals surface area contributed by atoms with E-state index in [0.717, 1.165) is 30.6 Å². The first-order chi connectivity index (χ1) is 12.6. The van der Waals surface area contributed by atoms with Gasteiger partial charge in [-0.2, -0.15) is 0 Å². The topological polar surface area (TPSA) is 61.4 Å². The van der Waals surface area contributed by atoms with Crippen molar-refractivity contribution in [3.8, 4) is 0 Å². The second-order valence-corrected chi connectivity index (χ2v) is 8.08. The highest BCUT2D eigenvalue weighted by atomic mass is 35.5. The van der Waals surface area contributed by atoms with E-state index in [-0.39, 0.29) is 36.3 Å². The lowest BCUT2D eigenvalue weighted by molar-refractivity contribution is -0.123. The van der Waals surface area contributed by atoms with Crippen LogP contribution in [0.25, 0.3) is 0 Å². The maximum absolute atomic E-state index is 12.7. The van der Waals surface area contributed by atoms with Gasteiger partial charge in [0.05, 0.1) is 12.1 Å². The van der Waals surface area contributed by atoms with Crippen LogP contribution >= 0.6 is 12.4 Å². The van der Waals surface area contributed by atoms with Gasteiger partial charge in [0.1, 0.15) is 0 Å². The summed E-state index contributed by atoms with van der Waals surface area (Å²) in [6.45, 7) is 2.81. The minimum absolute atomic E-state index is 0. The van der Waals surface area contributed by atoms with Gasteiger partial charge in [-0.05, 0) is 56.2 Å². The van der Waals surface area contributed by atoms with Crippen LogP contribution in [-0.4, -0.2) is 30.4 Å². The van der Waals surface area contributed by atoms with Gasteiger partial charge in [-0.3, -0.25) is 9.59 Å². The predicted octanol–water partition coefficient (Wildman–Crippen LogP) is 3.33. The summed E-state index contributed by atoms with van der Waals surface area (Å²) in [6, 6.07) is 8.41. The van der Waals surface area contributed by atoms with Crippen LogP contribution in [0.1, 0.15) is 63.5 Å². The number of nitrogens with zero attached hydrogens (tertiary/aromatic N) is 1. The normalized spacial score (nSPS) is 28.4. The van der Waals surface area contributed by atoms with E-state index in [0.29, 0.717) is 18.4 Å². The fourth-order valence-electron chi connectivity index (χ4n) is 4.80. The highest BCUT2D eigenvalue weighted by molar-refractivity contribution is 5.95. The maximum atomic E-state index is 12.7. The molecule has 2 N–H and O–H groups in total. The molecule has 148 valence electrons. The lowest BCUT2D eigenvalue weighted by Gasteiger charge is -2.24. The number of carbonyl (C=O) groups excluding carboxylic acids is 2. The Morgan fingerprint density at radius 1 is 1.26 bits per heavy atom. The quantitative estimate of drug-likeness (QED) is 0.827. The van der Waals surface area contributed by atoms with E-state index in [1.165, 1.54) is 25.7 Å². The Morgan fingerprint density at radius 2 is 2.07 bits per heavy atom. The number of hydrogen-bond acceptors (Lipinski definition) is 3. The summed E-state index contributed by atoms with van der Waals surface area (Å²) < 4.78 is 0. The Bertz CT molecular complexity index is 682. The zero-order valence-corrected chi connectivity index (χ0v) is 16.8. The molecule has 27 heavy (non-hydrogen) atoms. The van der Waals surface area contributed by atoms with Crippen LogP contribution in [0.4, 0.5) is 5.69 Å². The van der Waals surface area contributed by atoms with Crippen LogP contribution in [0.3, 0.4) is 0 Å². The molecule has 5 nitrogen and oxygen atoms in total. The summed E-state index contributed by atoms with van der Waals surface area (Å²) in [5.41, 5.74) is 1.99. The van der Waals surface area contributed by atoms with Crippen molar-refractivity contribution in [2.75, 3.05) is 11.4 Å². The third-order valence-corrected chi connectivity index (χ3v) is 6.29. The van der Waals surface area contributed by atoms with Crippen LogP contribution < -0.4 is 15.5 Å². The Kier molecular flexibility index (Phi) is 6.43. The second-order valence-electron chi connectivity index (χ2n) is 8.08. The van der Waals surface area contributed by atoms with Crippen molar-refractivity contribution < 1.29 is 9.59 Å². The molecule has 1 saturated carbocycles. The summed E-state index contributed by atoms with van der Waals surface area (Å²) in [6.07, 6.45) is 7.55. The SMILES string of the molecule is CC(NC(=O)C1CC2CCCCC2N1)c1cccc(N2CCCC2=O)c1.Cl. The minimum atomic E-state index is -0.0652. The van der Waals surface area contributed by atoms with Crippen LogP contribution in [-0.2, 0) is 9.59 Å². The molecule has 4 unspecified atom stereocenters. The van der Waals surface area contributed by atoms with Crippen molar-refractivity contribution in [3.63, 3.8) is 0 Å². The van der Waals surface area contributed by atoms with Gasteiger partial charge in [0, 0.05) is 24.7 Å². The lowest BCUT2D eigenvalue weighted by Crippen LogP contribution is -2.43. The number of hydrogen-bond donors (Lipinski definition) is 2. The van der Waals surface area contributed by atoms with Crippen LogP contribution in [0.15, 0.2) is 24.3 Å². The number of rotatable bonds is 4. The molecular weight excluding hydrogens is 362 g/mol. The van der Waals surface area contributed by atoms with E-state index < -0.39 is 0 Å². The van der Waals surface area contributed by atoms with E-state index in [9.17, 15) is 9.59 Å². The molecule has 2 amide bonds. The zero-order chi connectivity index (χ0) is 18.1. The second kappa shape index (κ2) is 8.61. The summed E-state index contributed by atoms with van der Waals surface area (Å²) >= 11 is 0. The van der Waals surface area contributed by atoms with Gasteiger partial charge >= 0.3 is 0 Å². The van der Waals surface area contributed by atoms with Crippen LogP contribution in [0.2, 0.25) is 0 Å². The molecule has 3 fully saturated rings. The lowest BCUT2D eigenvalue weighted by atomic mass is 9.85. The average Bonchev–Trinajstić information content (AvgIpc) is 3.27. The number of amides is 2. The predicted molar refractivity (Wildman–Crippen MR) is 109 cm³/mol. The minimum Gasteiger partial charge on any atom is -0.348 e. The first kappa shape index (κ1) is 20.2. The van der Waals surface area contributed by atoms with Crippen molar-refractivity contribution >= 4 is 29.9 Å². The van der Waals surface area contributed by atoms with Crippen molar-refractivity contribution in [2.24, 2.45) is 5.92 Å². The number of nitrogens with one attached hydrogen (secondary N) is 2. The average molecular weight is 392 g/mol. The molecule has 1 aromatic rings. The van der Waals surface area contributed by atoms with Gasteiger partial charge in [0.15, 0.2) is 0 Å². The third-order valence-electron chi connectivity index (χ3n) is 6.29. The molecule has 4 rings (SSSR count). The highest BCUT2D eigenvalue weighted by Crippen LogP contribution is 2.33. The molecule has 0 spiro atoms. The molecule has 1 aliphatic carbocycles. The van der Waals surface area contributed by atoms with Gasteiger partial charge in [-0.25, -0.2) is 0 Å². The van der Waals surface area contributed by atoms with Crippen molar-refractivity contribution in [3.05, 3.63) is 29.8 Å². The standard InChI is InChI=1S/C21H29N3O2.ClH/c1-14(15-7-4-8-17(12-15)24-11-5-10-20(24)25)22-21(26)19-13-16-6-2-3-9-18(16)23-19;/h4,7-8,12,14,16,18-19,23H,2-3,5-6,9-11,13H2,1H3,(H,22,26);1H. The molecule has 4 atom stereocenters. The molecule has 3 aliphatic rings. The maximum Gasteiger partial charge on any atom is 0.237 e. The summed E-state index contributed by atoms with van der Waals surface area (Å²) in [5, 5.41) is 6.72. The molecule has 2 aliphatic heterocycles. The van der Waals surface area contributed by atoms with Crippen LogP contribution in [0.5, 0.6) is 0 Å². The largest absolute Gasteiger partial charge is 0.348 e. The number of carbonyl (C=O) groups is 2. The van der Waals surface area contributed by atoms with Gasteiger partial charge < -0.3 is 15.5 Å². The molecule has 2 saturated heterocycles. The fraction of sp³-hybridized carbons (Fsp3) is 0.619. The molecule has 0 bridgehead atoms. The number of benzene rings is 1. The van der Waals surface area contributed by atoms with E-state index in [1.54, 1.807) is 0 Å². The number of halogens is 1. The monoisotopic (exact) mass is 391 g/mol. The Labute approximate surface area is 167 Å². The molecular formula is C21H30ClN3O2. The molecule has 0 aromatic heterocycles. The molecule has 1 aromatic carbocycles. The molecule has 6 heteroatoms. The van der Waals surface area contributed by atoms with E-state index in [4.69, 9.17) is 0 Å². The summed E-state index contributed by atoms with van der Waals surface area (Å²) in [7, 11) is 0. The van der Waals surface area contributed by atoms with E-state index in [2.05, 4.69) is 10.6 Å². The first-order valence-electron chi connectivity index (χ1n) is 10.1. The zero-order valence-electron chi connectivity index (χ0n) is 15.9. The van der Waals surface area contributed by atoms with Gasteiger partial charge in [-0.15, -0.1) is 12.4 Å². The van der Waals surface area contributed by atoms with Gasteiger partial charge in [0.2, 0.25) is 11.8 Å². The van der Waals surface area contributed by atoms with Crippen LogP contribution in [0, 0.1) is 5.92 Å². The van der Waals surface area contributed by atoms with Crippen molar-refractivity contribution in [2.45, 2.75) is 70.0 Å². The van der Waals surface area contributed by atoms with Crippen molar-refractivity contribution in [1.82, 2.24) is 10.6 Å². The van der Waals surface area contributed by atoms with Gasteiger partial charge in [0.25, 0.3) is 0 Å². The van der Waals surface area contributed by atoms with E-state index >= 15 is 0 Å². The van der Waals surface area contributed by atoms with Gasteiger partial charge in [-0.1, -0.05) is 25.0 Å². The van der Waals surface area contributed by atoms with Crippen molar-refractivity contribution in [1.29, 1.82) is 0 Å². The Balaban J connectivity index is 0.00000210. The summed E-state index contributed by atoms with van der Waals surface area (Å²) in [4.78, 5) is 26.6. The summed E-state index contributed by atoms with van der Waals surface area (Å²) in [5.74, 6) is 0.963. The Hall–Kier alpha value is -1.59. The first-order valence-corrected chi connectivity index (χ1v) is 10.1. The number of anilines is 1. The smallest absolute Gasteiger partial charge is 0.237 e. The third kappa shape index (κ3) is 4.30.